The van der Waals surface area contributed by atoms with Crippen molar-refractivity contribution >= 4 is 23.1 Å². The Morgan fingerprint density at radius 3 is 2.03 bits per heavy atom. The number of ether oxygens (including phenoxy) is 3. The van der Waals surface area contributed by atoms with Gasteiger partial charge in [-0.15, -0.1) is 0 Å². The van der Waals surface area contributed by atoms with Gasteiger partial charge >= 0.3 is 0 Å². The third-order valence-corrected chi connectivity index (χ3v) is 5.81. The lowest BCUT2D eigenvalue weighted by Crippen LogP contribution is -2.29. The van der Waals surface area contributed by atoms with Crippen molar-refractivity contribution in [3.8, 4) is 17.2 Å². The number of methoxy groups -OCH3 is 3. The first kappa shape index (κ1) is 22.9. The Morgan fingerprint density at radius 2 is 1.41 bits per heavy atom. The molecule has 0 saturated carbocycles. The summed E-state index contributed by atoms with van der Waals surface area (Å²) in [5, 5.41) is 11.5. The number of aliphatic hydroxyl groups excluding tert-OH is 1. The Morgan fingerprint density at radius 1 is 0.824 bits per heavy atom. The second-order valence-electron chi connectivity index (χ2n) is 7.79. The fraction of sp³-hybridized carbons (Fsp3) is 0.185. The van der Waals surface area contributed by atoms with Gasteiger partial charge in [0.15, 0.2) is 0 Å². The van der Waals surface area contributed by atoms with Gasteiger partial charge in [-0.25, -0.2) is 0 Å². The largest absolute Gasteiger partial charge is 0.506 e. The molecular formula is C27H25NO6. The van der Waals surface area contributed by atoms with Crippen molar-refractivity contribution in [3.05, 3.63) is 89.0 Å². The second-order valence-corrected chi connectivity index (χ2v) is 7.79. The third kappa shape index (κ3) is 3.75. The van der Waals surface area contributed by atoms with Crippen LogP contribution in [0.1, 0.15) is 22.7 Å². The molecule has 174 valence electrons. The maximum atomic E-state index is 13.4. The molecule has 7 heteroatoms. The fourth-order valence-electron chi connectivity index (χ4n) is 4.28. The Hall–Kier alpha value is -4.26. The van der Waals surface area contributed by atoms with E-state index in [4.69, 9.17) is 14.2 Å². The number of amides is 1. The maximum Gasteiger partial charge on any atom is 0.300 e. The van der Waals surface area contributed by atoms with Crippen LogP contribution in [-0.2, 0) is 9.59 Å². The molecule has 0 spiro atoms. The number of rotatable bonds is 6. The fourth-order valence-corrected chi connectivity index (χ4v) is 4.28. The Balaban J connectivity index is 2.05. The van der Waals surface area contributed by atoms with Crippen molar-refractivity contribution in [2.24, 2.45) is 0 Å². The second kappa shape index (κ2) is 9.31. The number of benzene rings is 3. The summed E-state index contributed by atoms with van der Waals surface area (Å²) in [6, 6.07) is 18.5. The van der Waals surface area contributed by atoms with Gasteiger partial charge in [0, 0.05) is 0 Å². The van der Waals surface area contributed by atoms with Crippen LogP contribution < -0.4 is 19.1 Å². The van der Waals surface area contributed by atoms with Crippen LogP contribution in [0.25, 0.3) is 5.76 Å². The zero-order valence-electron chi connectivity index (χ0n) is 19.4. The Bertz CT molecular complexity index is 1270. The smallest absolute Gasteiger partial charge is 0.300 e. The molecule has 3 aromatic rings. The quantitative estimate of drug-likeness (QED) is 0.328. The molecule has 1 aliphatic heterocycles. The van der Waals surface area contributed by atoms with Crippen LogP contribution in [0.3, 0.4) is 0 Å². The molecule has 3 aromatic carbocycles. The molecule has 34 heavy (non-hydrogen) atoms. The molecule has 1 amide bonds. The van der Waals surface area contributed by atoms with Gasteiger partial charge in [0.05, 0.1) is 38.6 Å². The highest BCUT2D eigenvalue weighted by molar-refractivity contribution is 6.52. The Kier molecular flexibility index (Phi) is 6.27. The lowest BCUT2D eigenvalue weighted by Gasteiger charge is -2.27. The van der Waals surface area contributed by atoms with E-state index in [1.807, 2.05) is 31.2 Å². The lowest BCUT2D eigenvalue weighted by molar-refractivity contribution is -0.132. The SMILES string of the molecule is COc1ccccc1N1C(=O)C(=O)/C(=C(/O)c2c(OC)cccc2OC)C1c1cccc(C)c1. The van der Waals surface area contributed by atoms with Gasteiger partial charge in [-0.2, -0.15) is 0 Å². The number of para-hydroxylation sites is 2. The molecule has 1 aliphatic rings. The first-order valence-corrected chi connectivity index (χ1v) is 10.6. The molecule has 1 unspecified atom stereocenters. The number of hydrogen-bond acceptors (Lipinski definition) is 6. The summed E-state index contributed by atoms with van der Waals surface area (Å²) < 4.78 is 16.3. The molecule has 7 nitrogen and oxygen atoms in total. The lowest BCUT2D eigenvalue weighted by atomic mass is 9.93. The van der Waals surface area contributed by atoms with Crippen LogP contribution in [0.4, 0.5) is 5.69 Å². The number of carbonyl (C=O) groups excluding carboxylic acids is 2. The van der Waals surface area contributed by atoms with Crippen LogP contribution in [-0.4, -0.2) is 38.1 Å². The van der Waals surface area contributed by atoms with E-state index < -0.39 is 17.7 Å². The van der Waals surface area contributed by atoms with Crippen LogP contribution >= 0.6 is 0 Å². The van der Waals surface area contributed by atoms with E-state index in [1.165, 1.54) is 26.2 Å². The number of hydrogen-bond donors (Lipinski definition) is 1. The first-order chi connectivity index (χ1) is 16.4. The molecule has 0 radical (unpaired) electrons. The molecule has 0 bridgehead atoms. The molecule has 0 aliphatic carbocycles. The van der Waals surface area contributed by atoms with Crippen molar-refractivity contribution in [2.45, 2.75) is 13.0 Å². The van der Waals surface area contributed by atoms with Gasteiger partial charge in [0.2, 0.25) is 0 Å². The van der Waals surface area contributed by atoms with Crippen LogP contribution in [0.15, 0.2) is 72.3 Å². The van der Waals surface area contributed by atoms with Crippen molar-refractivity contribution in [2.75, 3.05) is 26.2 Å². The number of anilines is 1. The molecule has 0 aromatic heterocycles. The van der Waals surface area contributed by atoms with Gasteiger partial charge in [-0.1, -0.05) is 48.0 Å². The average molecular weight is 459 g/mol. The number of nitrogens with zero attached hydrogens (tertiary/aromatic N) is 1. The summed E-state index contributed by atoms with van der Waals surface area (Å²) in [7, 11) is 4.41. The van der Waals surface area contributed by atoms with E-state index >= 15 is 0 Å². The van der Waals surface area contributed by atoms with Gasteiger partial charge < -0.3 is 19.3 Å². The van der Waals surface area contributed by atoms with Gasteiger partial charge in [0.25, 0.3) is 11.7 Å². The van der Waals surface area contributed by atoms with E-state index in [-0.39, 0.29) is 16.9 Å². The van der Waals surface area contributed by atoms with E-state index in [0.29, 0.717) is 28.5 Å². The molecule has 1 heterocycles. The van der Waals surface area contributed by atoms with E-state index in [1.54, 1.807) is 42.5 Å². The molecule has 1 fully saturated rings. The Labute approximate surface area is 197 Å². The van der Waals surface area contributed by atoms with E-state index in [2.05, 4.69) is 0 Å². The number of aryl methyl sites for hydroxylation is 1. The van der Waals surface area contributed by atoms with Gasteiger partial charge in [0.1, 0.15) is 28.6 Å². The van der Waals surface area contributed by atoms with Crippen molar-refractivity contribution in [3.63, 3.8) is 0 Å². The number of ketones is 1. The minimum Gasteiger partial charge on any atom is -0.506 e. The third-order valence-electron chi connectivity index (χ3n) is 5.81. The highest BCUT2D eigenvalue weighted by Crippen LogP contribution is 2.47. The van der Waals surface area contributed by atoms with Crippen molar-refractivity contribution < 1.29 is 28.9 Å². The number of Topliss-reactive ketones (excluding diaryl/α,β-unsaturated/α-hetero) is 1. The standard InChI is InChI=1S/C27H25NO6/c1-16-9-7-10-17(15-16)24-23(25(29)22-20(33-3)13-8-14-21(22)34-4)26(30)27(31)28(24)18-11-5-6-12-19(18)32-2/h5-15,24,29H,1-4H3/b25-23+. The topological polar surface area (TPSA) is 85.3 Å². The molecule has 4 rings (SSSR count). The van der Waals surface area contributed by atoms with Gasteiger partial charge in [-0.05, 0) is 36.8 Å². The summed E-state index contributed by atoms with van der Waals surface area (Å²) in [5.41, 5.74) is 2.16. The van der Waals surface area contributed by atoms with Crippen molar-refractivity contribution in [1.82, 2.24) is 0 Å². The normalized spacial score (nSPS) is 17.1. The highest BCUT2D eigenvalue weighted by Gasteiger charge is 2.48. The van der Waals surface area contributed by atoms with Crippen LogP contribution in [0.5, 0.6) is 17.2 Å². The van der Waals surface area contributed by atoms with E-state index in [0.717, 1.165) is 5.56 Å². The van der Waals surface area contributed by atoms with E-state index in [9.17, 15) is 14.7 Å². The van der Waals surface area contributed by atoms with Gasteiger partial charge in [-0.3, -0.25) is 14.5 Å². The summed E-state index contributed by atoms with van der Waals surface area (Å²) in [6.07, 6.45) is 0. The maximum absolute atomic E-state index is 13.4. The minimum absolute atomic E-state index is 0.0655. The van der Waals surface area contributed by atoms with Crippen LogP contribution in [0, 0.1) is 6.92 Å². The average Bonchev–Trinajstić information content (AvgIpc) is 3.13. The zero-order chi connectivity index (χ0) is 24.4. The predicted molar refractivity (Wildman–Crippen MR) is 129 cm³/mol. The minimum atomic E-state index is -0.897. The molecule has 1 atom stereocenters. The summed E-state index contributed by atoms with van der Waals surface area (Å²) in [5.74, 6) is -0.922. The van der Waals surface area contributed by atoms with Crippen LogP contribution in [0.2, 0.25) is 0 Å². The molecule has 1 N–H and O–H groups in total. The first-order valence-electron chi connectivity index (χ1n) is 10.6. The summed E-state index contributed by atoms with van der Waals surface area (Å²) in [4.78, 5) is 28.2. The highest BCUT2D eigenvalue weighted by atomic mass is 16.5. The number of aliphatic hydroxyl groups is 1. The van der Waals surface area contributed by atoms with Crippen molar-refractivity contribution in [1.29, 1.82) is 0 Å². The monoisotopic (exact) mass is 459 g/mol. The zero-order valence-corrected chi connectivity index (χ0v) is 19.4. The number of carbonyl (C=O) groups is 2. The summed E-state index contributed by atoms with van der Waals surface area (Å²) in [6.45, 7) is 1.92. The molecular weight excluding hydrogens is 434 g/mol. The predicted octanol–water partition coefficient (Wildman–Crippen LogP) is 4.65. The summed E-state index contributed by atoms with van der Waals surface area (Å²) >= 11 is 0. The molecule has 1 saturated heterocycles.